The molecule has 0 aliphatic carbocycles. The van der Waals surface area contributed by atoms with E-state index in [4.69, 9.17) is 4.74 Å². The first-order chi connectivity index (χ1) is 10.6. The SMILES string of the molecule is Cc1ccc(OCc2csc(C(=O)N3CCCC3)c2)cc1C. The van der Waals surface area contributed by atoms with E-state index in [9.17, 15) is 4.79 Å². The van der Waals surface area contributed by atoms with Gasteiger partial charge in [-0.3, -0.25) is 4.79 Å². The number of carbonyl (C=O) groups excluding carboxylic acids is 1. The van der Waals surface area contributed by atoms with Crippen LogP contribution in [-0.2, 0) is 6.61 Å². The molecular formula is C18H21NO2S. The fourth-order valence-corrected chi connectivity index (χ4v) is 3.47. The first kappa shape index (κ1) is 15.1. The Labute approximate surface area is 135 Å². The molecule has 1 aromatic heterocycles. The second kappa shape index (κ2) is 6.53. The van der Waals surface area contributed by atoms with Gasteiger partial charge in [0, 0.05) is 18.7 Å². The van der Waals surface area contributed by atoms with Crippen molar-refractivity contribution in [3.63, 3.8) is 0 Å². The van der Waals surface area contributed by atoms with Crippen LogP contribution < -0.4 is 4.74 Å². The van der Waals surface area contributed by atoms with Gasteiger partial charge < -0.3 is 9.64 Å². The van der Waals surface area contributed by atoms with E-state index < -0.39 is 0 Å². The maximum absolute atomic E-state index is 12.3. The minimum Gasteiger partial charge on any atom is -0.489 e. The van der Waals surface area contributed by atoms with E-state index in [-0.39, 0.29) is 5.91 Å². The highest BCUT2D eigenvalue weighted by Crippen LogP contribution is 2.22. The first-order valence-corrected chi connectivity index (χ1v) is 8.58. The third-order valence-corrected chi connectivity index (χ3v) is 5.11. The molecule has 3 nitrogen and oxygen atoms in total. The van der Waals surface area contributed by atoms with Gasteiger partial charge in [0.1, 0.15) is 12.4 Å². The molecule has 0 N–H and O–H groups in total. The summed E-state index contributed by atoms with van der Waals surface area (Å²) >= 11 is 1.51. The van der Waals surface area contributed by atoms with Gasteiger partial charge in [-0.05, 0) is 61.4 Å². The first-order valence-electron chi connectivity index (χ1n) is 7.70. The minimum absolute atomic E-state index is 0.167. The number of hydrogen-bond acceptors (Lipinski definition) is 3. The van der Waals surface area contributed by atoms with Gasteiger partial charge in [-0.1, -0.05) is 6.07 Å². The largest absolute Gasteiger partial charge is 0.489 e. The van der Waals surface area contributed by atoms with Gasteiger partial charge in [0.25, 0.3) is 5.91 Å². The third kappa shape index (κ3) is 3.33. The van der Waals surface area contributed by atoms with Crippen molar-refractivity contribution in [3.8, 4) is 5.75 Å². The summed E-state index contributed by atoms with van der Waals surface area (Å²) in [5.41, 5.74) is 3.56. The summed E-state index contributed by atoms with van der Waals surface area (Å²) < 4.78 is 5.83. The van der Waals surface area contributed by atoms with Crippen LogP contribution in [0.15, 0.2) is 29.6 Å². The van der Waals surface area contributed by atoms with E-state index >= 15 is 0 Å². The Balaban J connectivity index is 1.61. The number of hydrogen-bond donors (Lipinski definition) is 0. The lowest BCUT2D eigenvalue weighted by Gasteiger charge is -2.13. The Morgan fingerprint density at radius 3 is 2.68 bits per heavy atom. The number of amides is 1. The van der Waals surface area contributed by atoms with Crippen molar-refractivity contribution in [1.82, 2.24) is 4.90 Å². The molecule has 2 aromatic rings. The number of nitrogens with zero attached hydrogens (tertiary/aromatic N) is 1. The lowest BCUT2D eigenvalue weighted by atomic mass is 10.1. The van der Waals surface area contributed by atoms with Crippen LogP contribution in [-0.4, -0.2) is 23.9 Å². The summed E-state index contributed by atoms with van der Waals surface area (Å²) in [6.07, 6.45) is 2.25. The van der Waals surface area contributed by atoms with Gasteiger partial charge in [0.15, 0.2) is 0 Å². The normalized spacial score (nSPS) is 14.4. The number of likely N-dealkylation sites (tertiary alicyclic amines) is 1. The summed E-state index contributed by atoms with van der Waals surface area (Å²) in [6, 6.07) is 8.08. The Morgan fingerprint density at radius 2 is 1.95 bits per heavy atom. The molecule has 0 saturated carbocycles. The van der Waals surface area contributed by atoms with Crippen LogP contribution in [0.25, 0.3) is 0 Å². The topological polar surface area (TPSA) is 29.5 Å². The van der Waals surface area contributed by atoms with E-state index in [1.807, 2.05) is 22.4 Å². The second-order valence-electron chi connectivity index (χ2n) is 5.85. The van der Waals surface area contributed by atoms with Crippen molar-refractivity contribution in [1.29, 1.82) is 0 Å². The molecule has 0 radical (unpaired) electrons. The van der Waals surface area contributed by atoms with Crippen molar-refractivity contribution >= 4 is 17.2 Å². The number of aryl methyl sites for hydroxylation is 2. The molecule has 0 atom stereocenters. The molecule has 0 spiro atoms. The number of benzene rings is 1. The molecule has 1 aliphatic rings. The molecular weight excluding hydrogens is 294 g/mol. The lowest BCUT2D eigenvalue weighted by Crippen LogP contribution is -2.26. The van der Waals surface area contributed by atoms with Gasteiger partial charge in [0.2, 0.25) is 0 Å². The molecule has 0 bridgehead atoms. The summed E-state index contributed by atoms with van der Waals surface area (Å²) in [5, 5.41) is 2.02. The number of carbonyl (C=O) groups is 1. The van der Waals surface area contributed by atoms with Gasteiger partial charge in [0.05, 0.1) is 4.88 Å². The monoisotopic (exact) mass is 315 g/mol. The van der Waals surface area contributed by atoms with Crippen molar-refractivity contribution in [2.45, 2.75) is 33.3 Å². The van der Waals surface area contributed by atoms with Crippen LogP contribution >= 0.6 is 11.3 Å². The Bertz CT molecular complexity index is 671. The van der Waals surface area contributed by atoms with Gasteiger partial charge in [-0.25, -0.2) is 0 Å². The fourth-order valence-electron chi connectivity index (χ4n) is 2.61. The number of rotatable bonds is 4. The van der Waals surface area contributed by atoms with E-state index in [1.54, 1.807) is 0 Å². The lowest BCUT2D eigenvalue weighted by molar-refractivity contribution is 0.0797. The molecule has 0 unspecified atom stereocenters. The predicted molar refractivity (Wildman–Crippen MR) is 89.7 cm³/mol. The molecule has 1 aromatic carbocycles. The number of thiophene rings is 1. The molecule has 1 saturated heterocycles. The molecule has 1 aliphatic heterocycles. The Kier molecular flexibility index (Phi) is 4.48. The van der Waals surface area contributed by atoms with E-state index in [1.165, 1.54) is 22.5 Å². The van der Waals surface area contributed by atoms with Crippen LogP contribution in [0.2, 0.25) is 0 Å². The summed E-state index contributed by atoms with van der Waals surface area (Å²) in [7, 11) is 0. The second-order valence-corrected chi connectivity index (χ2v) is 6.76. The zero-order chi connectivity index (χ0) is 15.5. The molecule has 4 heteroatoms. The van der Waals surface area contributed by atoms with Crippen molar-refractivity contribution < 1.29 is 9.53 Å². The van der Waals surface area contributed by atoms with Gasteiger partial charge in [-0.2, -0.15) is 0 Å². The molecule has 116 valence electrons. The summed E-state index contributed by atoms with van der Waals surface area (Å²) in [4.78, 5) is 15.1. The highest BCUT2D eigenvalue weighted by molar-refractivity contribution is 7.12. The summed E-state index contributed by atoms with van der Waals surface area (Å²) in [5.74, 6) is 1.04. The minimum atomic E-state index is 0.167. The average Bonchev–Trinajstić information content (AvgIpc) is 3.19. The van der Waals surface area contributed by atoms with E-state index in [0.29, 0.717) is 6.61 Å². The smallest absolute Gasteiger partial charge is 0.263 e. The predicted octanol–water partition coefficient (Wildman–Crippen LogP) is 4.18. The zero-order valence-corrected chi connectivity index (χ0v) is 13.9. The highest BCUT2D eigenvalue weighted by Gasteiger charge is 2.20. The molecule has 3 rings (SSSR count). The van der Waals surface area contributed by atoms with Crippen LogP contribution in [0.5, 0.6) is 5.75 Å². The van der Waals surface area contributed by atoms with Crippen LogP contribution in [0.3, 0.4) is 0 Å². The van der Waals surface area contributed by atoms with Gasteiger partial charge >= 0.3 is 0 Å². The molecule has 2 heterocycles. The van der Waals surface area contributed by atoms with Crippen LogP contribution in [0, 0.1) is 13.8 Å². The third-order valence-electron chi connectivity index (χ3n) is 4.14. The van der Waals surface area contributed by atoms with Crippen LogP contribution in [0.1, 0.15) is 39.2 Å². The van der Waals surface area contributed by atoms with Crippen molar-refractivity contribution in [2.75, 3.05) is 13.1 Å². The van der Waals surface area contributed by atoms with Crippen molar-refractivity contribution in [2.24, 2.45) is 0 Å². The number of ether oxygens (including phenoxy) is 1. The van der Waals surface area contributed by atoms with E-state index in [0.717, 1.165) is 42.1 Å². The maximum atomic E-state index is 12.3. The molecule has 1 amide bonds. The average molecular weight is 315 g/mol. The molecule has 22 heavy (non-hydrogen) atoms. The van der Waals surface area contributed by atoms with Crippen molar-refractivity contribution in [3.05, 3.63) is 51.2 Å². The Hall–Kier alpha value is -1.81. The highest BCUT2D eigenvalue weighted by atomic mass is 32.1. The van der Waals surface area contributed by atoms with E-state index in [2.05, 4.69) is 26.0 Å². The van der Waals surface area contributed by atoms with Crippen LogP contribution in [0.4, 0.5) is 0 Å². The quantitative estimate of drug-likeness (QED) is 0.847. The summed E-state index contributed by atoms with van der Waals surface area (Å²) in [6.45, 7) is 6.47. The standard InChI is InChI=1S/C18H21NO2S/c1-13-5-6-16(9-14(13)2)21-11-15-10-17(22-12-15)18(20)19-7-3-4-8-19/h5-6,9-10,12H,3-4,7-8,11H2,1-2H3. The van der Waals surface area contributed by atoms with Gasteiger partial charge in [-0.15, -0.1) is 11.3 Å². The fraction of sp³-hybridized carbons (Fsp3) is 0.389. The Morgan fingerprint density at radius 1 is 1.18 bits per heavy atom. The molecule has 1 fully saturated rings. The maximum Gasteiger partial charge on any atom is 0.263 e. The zero-order valence-electron chi connectivity index (χ0n) is 13.1.